The molecule has 2 aliphatic carbocycles. The summed E-state index contributed by atoms with van der Waals surface area (Å²) in [6.07, 6.45) is 5.66. The summed E-state index contributed by atoms with van der Waals surface area (Å²) >= 11 is 0. The van der Waals surface area contributed by atoms with Crippen LogP contribution in [0.5, 0.6) is 0 Å². The van der Waals surface area contributed by atoms with Gasteiger partial charge in [0.05, 0.1) is 0 Å². The second-order valence-electron chi connectivity index (χ2n) is 7.14. The fourth-order valence-electron chi connectivity index (χ4n) is 4.53. The van der Waals surface area contributed by atoms with Crippen molar-refractivity contribution in [1.82, 2.24) is 10.2 Å². The molecule has 1 saturated heterocycles. The average Bonchev–Trinajstić information content (AvgIpc) is 3.02. The van der Waals surface area contributed by atoms with Crippen molar-refractivity contribution in [3.05, 3.63) is 0 Å². The van der Waals surface area contributed by atoms with Crippen molar-refractivity contribution >= 4 is 11.8 Å². The molecule has 5 unspecified atom stereocenters. The zero-order valence-electron chi connectivity index (χ0n) is 12.8. The van der Waals surface area contributed by atoms with Gasteiger partial charge in [0.1, 0.15) is 12.1 Å². The highest BCUT2D eigenvalue weighted by Crippen LogP contribution is 2.47. The second kappa shape index (κ2) is 5.05. The van der Waals surface area contributed by atoms with Gasteiger partial charge in [0.25, 0.3) is 0 Å². The molecule has 1 heterocycles. The molecule has 2 bridgehead atoms. The maximum absolute atomic E-state index is 12.9. The van der Waals surface area contributed by atoms with Crippen molar-refractivity contribution in [3.63, 3.8) is 0 Å². The molecule has 3 aliphatic rings. The summed E-state index contributed by atoms with van der Waals surface area (Å²) in [5.41, 5.74) is 0. The van der Waals surface area contributed by atoms with E-state index in [-0.39, 0.29) is 29.8 Å². The average molecular weight is 278 g/mol. The number of piperazine rings is 1. The monoisotopic (exact) mass is 278 g/mol. The van der Waals surface area contributed by atoms with E-state index in [1.165, 1.54) is 19.3 Å². The Balaban J connectivity index is 1.87. The number of carbonyl (C=O) groups excluding carboxylic acids is 2. The van der Waals surface area contributed by atoms with Crippen molar-refractivity contribution in [1.29, 1.82) is 0 Å². The Bertz CT molecular complexity index is 421. The highest BCUT2D eigenvalue weighted by molar-refractivity contribution is 5.97. The van der Waals surface area contributed by atoms with Crippen LogP contribution < -0.4 is 5.32 Å². The zero-order chi connectivity index (χ0) is 14.4. The van der Waals surface area contributed by atoms with Gasteiger partial charge in [-0.15, -0.1) is 0 Å². The van der Waals surface area contributed by atoms with E-state index in [0.29, 0.717) is 12.0 Å². The first-order chi connectivity index (χ1) is 9.52. The van der Waals surface area contributed by atoms with Gasteiger partial charge >= 0.3 is 0 Å². The lowest BCUT2D eigenvalue weighted by atomic mass is 9.89. The van der Waals surface area contributed by atoms with E-state index in [4.69, 9.17) is 0 Å². The van der Waals surface area contributed by atoms with E-state index in [9.17, 15) is 9.59 Å². The van der Waals surface area contributed by atoms with Crippen molar-refractivity contribution < 1.29 is 9.59 Å². The van der Waals surface area contributed by atoms with Crippen LogP contribution in [0.3, 0.4) is 0 Å². The third kappa shape index (κ3) is 2.04. The Morgan fingerprint density at radius 3 is 2.50 bits per heavy atom. The molecule has 2 saturated carbocycles. The van der Waals surface area contributed by atoms with E-state index in [0.717, 1.165) is 18.8 Å². The highest BCUT2D eigenvalue weighted by atomic mass is 16.2. The predicted molar refractivity (Wildman–Crippen MR) is 76.9 cm³/mol. The molecule has 1 N–H and O–H groups in total. The number of fused-ring (bicyclic) bond motifs is 2. The standard InChI is InChI=1S/C16H26N2O2/c1-4-12-15(19)17-14(9(2)3)16(20)18(12)13-8-10-5-6-11(13)7-10/h9-14H,4-8H2,1-3H3,(H,17,19). The first-order valence-corrected chi connectivity index (χ1v) is 8.15. The van der Waals surface area contributed by atoms with E-state index in [1.807, 2.05) is 25.7 Å². The first kappa shape index (κ1) is 13.9. The Hall–Kier alpha value is -1.06. The summed E-state index contributed by atoms with van der Waals surface area (Å²) in [7, 11) is 0. The summed E-state index contributed by atoms with van der Waals surface area (Å²) in [6.45, 7) is 6.02. The molecule has 112 valence electrons. The van der Waals surface area contributed by atoms with Crippen LogP contribution in [0.4, 0.5) is 0 Å². The fourth-order valence-corrected chi connectivity index (χ4v) is 4.53. The van der Waals surface area contributed by atoms with Gasteiger partial charge in [-0.1, -0.05) is 27.2 Å². The Labute approximate surface area is 121 Å². The molecular weight excluding hydrogens is 252 g/mol. The number of rotatable bonds is 3. The van der Waals surface area contributed by atoms with E-state index in [1.54, 1.807) is 0 Å². The van der Waals surface area contributed by atoms with E-state index >= 15 is 0 Å². The molecule has 4 nitrogen and oxygen atoms in total. The van der Waals surface area contributed by atoms with Crippen LogP contribution in [-0.2, 0) is 9.59 Å². The van der Waals surface area contributed by atoms with Gasteiger partial charge in [-0.25, -0.2) is 0 Å². The third-order valence-corrected chi connectivity index (χ3v) is 5.57. The van der Waals surface area contributed by atoms with Crippen molar-refractivity contribution in [2.75, 3.05) is 0 Å². The summed E-state index contributed by atoms with van der Waals surface area (Å²) in [5, 5.41) is 2.93. The predicted octanol–water partition coefficient (Wildman–Crippen LogP) is 1.94. The van der Waals surface area contributed by atoms with Crippen molar-refractivity contribution in [2.45, 2.75) is 71.0 Å². The van der Waals surface area contributed by atoms with E-state index < -0.39 is 0 Å². The molecule has 4 heteroatoms. The maximum atomic E-state index is 12.9. The van der Waals surface area contributed by atoms with Crippen LogP contribution in [0.25, 0.3) is 0 Å². The summed E-state index contributed by atoms with van der Waals surface area (Å²) in [5.74, 6) is 1.79. The van der Waals surface area contributed by atoms with Gasteiger partial charge in [0.2, 0.25) is 11.8 Å². The molecule has 2 amide bonds. The molecular formula is C16H26N2O2. The minimum absolute atomic E-state index is 0.0496. The lowest BCUT2D eigenvalue weighted by Gasteiger charge is -2.45. The van der Waals surface area contributed by atoms with Gasteiger partial charge < -0.3 is 10.2 Å². The second-order valence-corrected chi connectivity index (χ2v) is 7.14. The molecule has 5 atom stereocenters. The Morgan fingerprint density at radius 2 is 2.00 bits per heavy atom. The Morgan fingerprint density at radius 1 is 1.25 bits per heavy atom. The molecule has 3 rings (SSSR count). The van der Waals surface area contributed by atoms with Gasteiger partial charge in [-0.05, 0) is 43.4 Å². The molecule has 0 spiro atoms. The van der Waals surface area contributed by atoms with Gasteiger partial charge in [-0.2, -0.15) is 0 Å². The van der Waals surface area contributed by atoms with Crippen LogP contribution in [-0.4, -0.2) is 34.8 Å². The lowest BCUT2D eigenvalue weighted by Crippen LogP contribution is -2.67. The van der Waals surface area contributed by atoms with E-state index in [2.05, 4.69) is 5.32 Å². The maximum Gasteiger partial charge on any atom is 0.246 e. The molecule has 1 aliphatic heterocycles. The SMILES string of the molecule is CCC1C(=O)NC(C(C)C)C(=O)N1C1CC2CCC1C2. The number of nitrogens with one attached hydrogen (secondary N) is 1. The number of carbonyl (C=O) groups is 2. The topological polar surface area (TPSA) is 49.4 Å². The number of hydrogen-bond acceptors (Lipinski definition) is 2. The van der Waals surface area contributed by atoms with Crippen molar-refractivity contribution in [3.8, 4) is 0 Å². The number of hydrogen-bond donors (Lipinski definition) is 1. The van der Waals surface area contributed by atoms with Gasteiger partial charge in [0.15, 0.2) is 0 Å². The van der Waals surface area contributed by atoms with Gasteiger partial charge in [0, 0.05) is 6.04 Å². The van der Waals surface area contributed by atoms with Gasteiger partial charge in [-0.3, -0.25) is 9.59 Å². The largest absolute Gasteiger partial charge is 0.342 e. The molecule has 20 heavy (non-hydrogen) atoms. The highest BCUT2D eigenvalue weighted by Gasteiger charge is 2.50. The van der Waals surface area contributed by atoms with Crippen LogP contribution in [0.1, 0.15) is 52.9 Å². The van der Waals surface area contributed by atoms with Crippen LogP contribution >= 0.6 is 0 Å². The fraction of sp³-hybridized carbons (Fsp3) is 0.875. The van der Waals surface area contributed by atoms with Crippen LogP contribution in [0.2, 0.25) is 0 Å². The number of amides is 2. The Kier molecular flexibility index (Phi) is 3.51. The number of nitrogens with zero attached hydrogens (tertiary/aromatic N) is 1. The molecule has 3 fully saturated rings. The van der Waals surface area contributed by atoms with Crippen molar-refractivity contribution in [2.24, 2.45) is 17.8 Å². The lowest BCUT2D eigenvalue weighted by molar-refractivity contribution is -0.155. The zero-order valence-corrected chi connectivity index (χ0v) is 12.8. The smallest absolute Gasteiger partial charge is 0.246 e. The summed E-state index contributed by atoms with van der Waals surface area (Å²) < 4.78 is 0. The minimum Gasteiger partial charge on any atom is -0.342 e. The summed E-state index contributed by atoms with van der Waals surface area (Å²) in [4.78, 5) is 27.2. The molecule has 0 aromatic heterocycles. The summed E-state index contributed by atoms with van der Waals surface area (Å²) in [6, 6.07) is -0.259. The molecule has 0 aromatic rings. The molecule has 0 radical (unpaired) electrons. The van der Waals surface area contributed by atoms with Crippen LogP contribution in [0.15, 0.2) is 0 Å². The normalized spacial score (nSPS) is 40.6. The minimum atomic E-state index is -0.329. The van der Waals surface area contributed by atoms with Crippen LogP contribution in [0, 0.1) is 17.8 Å². The quantitative estimate of drug-likeness (QED) is 0.857. The molecule has 0 aromatic carbocycles. The first-order valence-electron chi connectivity index (χ1n) is 8.15. The third-order valence-electron chi connectivity index (χ3n) is 5.57.